The Balaban J connectivity index is 1.49. The van der Waals surface area contributed by atoms with Crippen molar-refractivity contribution in [1.29, 1.82) is 0 Å². The number of thiophene rings is 1. The number of hydrogen-bond donors (Lipinski definition) is 0. The summed E-state index contributed by atoms with van der Waals surface area (Å²) in [5.41, 5.74) is 7.13. The van der Waals surface area contributed by atoms with Crippen molar-refractivity contribution in [2.45, 2.75) is 53.4 Å². The molecule has 0 spiro atoms. The molecule has 0 unspecified atom stereocenters. The Bertz CT molecular complexity index is 1780. The highest BCUT2D eigenvalue weighted by Gasteiger charge is 2.20. The Hall–Kier alpha value is -3.43. The molecule has 0 N–H and O–H groups in total. The zero-order chi connectivity index (χ0) is 25.9. The van der Waals surface area contributed by atoms with Crippen LogP contribution in [0.2, 0.25) is 0 Å². The maximum atomic E-state index is 6.21. The second-order valence-corrected chi connectivity index (χ2v) is 12.7. The van der Waals surface area contributed by atoms with Crippen LogP contribution < -0.4 is 0 Å². The molecular formula is C34H33NOS. The summed E-state index contributed by atoms with van der Waals surface area (Å²) in [6.07, 6.45) is 2.98. The molecule has 2 nitrogen and oxygen atoms in total. The van der Waals surface area contributed by atoms with Crippen molar-refractivity contribution in [3.8, 4) is 21.7 Å². The number of aromatic nitrogens is 1. The predicted octanol–water partition coefficient (Wildman–Crippen LogP) is 10.3. The minimum atomic E-state index is 0.0368. The summed E-state index contributed by atoms with van der Waals surface area (Å²) in [5, 5.41) is 5.05. The van der Waals surface area contributed by atoms with Crippen LogP contribution in [0.25, 0.3) is 53.5 Å². The molecule has 0 atom stereocenters. The minimum absolute atomic E-state index is 0.0368. The van der Waals surface area contributed by atoms with Gasteiger partial charge < -0.3 is 4.42 Å². The van der Waals surface area contributed by atoms with Crippen LogP contribution in [0.1, 0.15) is 51.5 Å². The highest BCUT2D eigenvalue weighted by molar-refractivity contribution is 7.22. The molecule has 0 aliphatic carbocycles. The maximum Gasteiger partial charge on any atom is 0.135 e. The largest absolute Gasteiger partial charge is 0.461 e. The second-order valence-electron chi connectivity index (χ2n) is 11.6. The fourth-order valence-corrected chi connectivity index (χ4v) is 6.63. The second kappa shape index (κ2) is 8.85. The van der Waals surface area contributed by atoms with E-state index in [4.69, 9.17) is 9.40 Å². The third-order valence-electron chi connectivity index (χ3n) is 7.27. The Morgan fingerprint density at radius 1 is 0.865 bits per heavy atom. The van der Waals surface area contributed by atoms with Crippen LogP contribution in [-0.2, 0) is 11.8 Å². The Labute approximate surface area is 223 Å². The number of furan rings is 1. The Morgan fingerprint density at radius 3 is 2.46 bits per heavy atom. The fourth-order valence-electron chi connectivity index (χ4n) is 5.47. The summed E-state index contributed by atoms with van der Waals surface area (Å²) in [7, 11) is 0. The molecule has 6 rings (SSSR count). The van der Waals surface area contributed by atoms with E-state index in [1.165, 1.54) is 53.4 Å². The van der Waals surface area contributed by atoms with E-state index in [1.54, 1.807) is 0 Å². The number of rotatable bonds is 4. The number of benzene rings is 3. The molecule has 186 valence electrons. The number of aryl methyl sites for hydroxylation is 1. The number of pyridine rings is 1. The number of hydrogen-bond acceptors (Lipinski definition) is 3. The number of nitrogens with zero attached hydrogens (tertiary/aromatic N) is 1. The van der Waals surface area contributed by atoms with Crippen molar-refractivity contribution in [3.05, 3.63) is 89.8 Å². The van der Waals surface area contributed by atoms with Gasteiger partial charge in [-0.15, -0.1) is 11.3 Å². The summed E-state index contributed by atoms with van der Waals surface area (Å²) in [4.78, 5) is 6.14. The molecule has 0 fully saturated rings. The van der Waals surface area contributed by atoms with Crippen molar-refractivity contribution in [2.75, 3.05) is 0 Å². The van der Waals surface area contributed by atoms with Gasteiger partial charge >= 0.3 is 0 Å². The van der Waals surface area contributed by atoms with Gasteiger partial charge in [0.25, 0.3) is 0 Å². The quantitative estimate of drug-likeness (QED) is 0.239. The molecule has 37 heavy (non-hydrogen) atoms. The lowest BCUT2D eigenvalue weighted by Gasteiger charge is -2.22. The molecule has 3 heteroatoms. The molecule has 3 heterocycles. The monoisotopic (exact) mass is 503 g/mol. The van der Waals surface area contributed by atoms with Crippen molar-refractivity contribution in [2.24, 2.45) is 5.92 Å². The third kappa shape index (κ3) is 4.26. The van der Waals surface area contributed by atoms with Crippen LogP contribution in [0.5, 0.6) is 0 Å². The molecule has 0 saturated heterocycles. The highest BCUT2D eigenvalue weighted by atomic mass is 32.1. The van der Waals surface area contributed by atoms with Gasteiger partial charge in [-0.1, -0.05) is 71.0 Å². The normalized spacial score (nSPS) is 12.4. The zero-order valence-corrected chi connectivity index (χ0v) is 23.3. The van der Waals surface area contributed by atoms with E-state index in [9.17, 15) is 0 Å². The lowest BCUT2D eigenvalue weighted by molar-refractivity contribution is 0.560. The minimum Gasteiger partial charge on any atom is -0.461 e. The van der Waals surface area contributed by atoms with Gasteiger partial charge in [0.2, 0.25) is 0 Å². The first kappa shape index (κ1) is 23.9. The van der Waals surface area contributed by atoms with Crippen LogP contribution in [0.3, 0.4) is 0 Å². The lowest BCUT2D eigenvalue weighted by atomic mass is 9.82. The molecular weight excluding hydrogens is 470 g/mol. The van der Waals surface area contributed by atoms with Crippen LogP contribution in [0.15, 0.2) is 77.3 Å². The van der Waals surface area contributed by atoms with Crippen LogP contribution in [0.4, 0.5) is 0 Å². The first-order chi connectivity index (χ1) is 17.7. The van der Waals surface area contributed by atoms with Gasteiger partial charge in [-0.2, -0.15) is 0 Å². The summed E-state index contributed by atoms with van der Waals surface area (Å²) >= 11 is 1.82. The van der Waals surface area contributed by atoms with E-state index < -0.39 is 0 Å². The first-order valence-electron chi connectivity index (χ1n) is 13.1. The van der Waals surface area contributed by atoms with Gasteiger partial charge in [-0.25, -0.2) is 0 Å². The van der Waals surface area contributed by atoms with Gasteiger partial charge in [-0.3, -0.25) is 4.98 Å². The lowest BCUT2D eigenvalue weighted by Crippen LogP contribution is -2.12. The van der Waals surface area contributed by atoms with E-state index in [2.05, 4.69) is 108 Å². The standard InChI is InChI=1S/C34H33NOS/c1-20(2)15-28-21(3)36-30-18-23(11-12-27(28)30)31-19-24-13-14-35-32(33(24)37-31)25-16-22-9-7-8-10-26(22)29(17-25)34(4,5)6/h7-14,16-20H,15H2,1-6H3. The first-order valence-corrected chi connectivity index (χ1v) is 14.0. The highest BCUT2D eigenvalue weighted by Crippen LogP contribution is 2.42. The molecule has 0 saturated carbocycles. The SMILES string of the molecule is Cc1oc2cc(-c3cc4ccnc(-c5cc(C(C)(C)C)c6ccccc6c5)c4s3)ccc2c1CC(C)C. The van der Waals surface area contributed by atoms with Gasteiger partial charge in [0.1, 0.15) is 11.3 Å². The summed E-state index contributed by atoms with van der Waals surface area (Å²) in [5.74, 6) is 1.64. The molecule has 0 radical (unpaired) electrons. The van der Waals surface area contributed by atoms with Crippen LogP contribution in [-0.4, -0.2) is 4.98 Å². The average molecular weight is 504 g/mol. The van der Waals surface area contributed by atoms with E-state index >= 15 is 0 Å². The zero-order valence-electron chi connectivity index (χ0n) is 22.5. The van der Waals surface area contributed by atoms with Gasteiger partial charge in [0.15, 0.2) is 0 Å². The topological polar surface area (TPSA) is 26.0 Å². The van der Waals surface area contributed by atoms with Crippen molar-refractivity contribution >= 4 is 43.2 Å². The third-order valence-corrected chi connectivity index (χ3v) is 8.48. The molecule has 0 bridgehead atoms. The molecule has 6 aromatic rings. The molecule has 0 aliphatic heterocycles. The smallest absolute Gasteiger partial charge is 0.135 e. The maximum absolute atomic E-state index is 6.21. The van der Waals surface area contributed by atoms with Crippen molar-refractivity contribution < 1.29 is 4.42 Å². The average Bonchev–Trinajstić information content (AvgIpc) is 3.43. The van der Waals surface area contributed by atoms with Crippen LogP contribution >= 0.6 is 11.3 Å². The molecule has 3 aromatic carbocycles. The van der Waals surface area contributed by atoms with E-state index in [-0.39, 0.29) is 5.41 Å². The van der Waals surface area contributed by atoms with Crippen LogP contribution in [0, 0.1) is 12.8 Å². The van der Waals surface area contributed by atoms with Crippen molar-refractivity contribution in [3.63, 3.8) is 0 Å². The van der Waals surface area contributed by atoms with E-state index in [0.29, 0.717) is 5.92 Å². The van der Waals surface area contributed by atoms with E-state index in [0.717, 1.165) is 23.5 Å². The van der Waals surface area contributed by atoms with E-state index in [1.807, 2.05) is 17.5 Å². The van der Waals surface area contributed by atoms with Crippen molar-refractivity contribution in [1.82, 2.24) is 4.98 Å². The van der Waals surface area contributed by atoms with Gasteiger partial charge in [0, 0.05) is 27.6 Å². The number of fused-ring (bicyclic) bond motifs is 3. The predicted molar refractivity (Wildman–Crippen MR) is 160 cm³/mol. The Kier molecular flexibility index (Phi) is 5.72. The van der Waals surface area contributed by atoms with Gasteiger partial charge in [0.05, 0.1) is 10.4 Å². The summed E-state index contributed by atoms with van der Waals surface area (Å²) in [6.45, 7) is 13.5. The Morgan fingerprint density at radius 2 is 1.68 bits per heavy atom. The summed E-state index contributed by atoms with van der Waals surface area (Å²) in [6, 6.07) is 24.4. The molecule has 3 aromatic heterocycles. The molecule has 0 aliphatic rings. The fraction of sp³-hybridized carbons (Fsp3) is 0.265. The summed E-state index contributed by atoms with van der Waals surface area (Å²) < 4.78 is 7.43. The molecule has 0 amide bonds. The van der Waals surface area contributed by atoms with Gasteiger partial charge in [-0.05, 0) is 82.3 Å².